The highest BCUT2D eigenvalue weighted by Crippen LogP contribution is 2.14. The van der Waals surface area contributed by atoms with Crippen LogP contribution in [0.25, 0.3) is 0 Å². The van der Waals surface area contributed by atoms with Crippen LogP contribution in [0.2, 0.25) is 0 Å². The van der Waals surface area contributed by atoms with E-state index in [9.17, 15) is 9.90 Å². The number of nitrogens with one attached hydrogen (secondary N) is 1. The summed E-state index contributed by atoms with van der Waals surface area (Å²) in [5, 5.41) is 13.2. The van der Waals surface area contributed by atoms with Gasteiger partial charge in [0.2, 0.25) is 0 Å². The minimum Gasteiger partial charge on any atom is -0.508 e. The van der Waals surface area contributed by atoms with Crippen LogP contribution in [0.5, 0.6) is 11.5 Å². The maximum Gasteiger partial charge on any atom is 0.271 e. The lowest BCUT2D eigenvalue weighted by atomic mass is 10.2. The van der Waals surface area contributed by atoms with Crippen LogP contribution in [0.4, 0.5) is 0 Å². The van der Waals surface area contributed by atoms with E-state index in [0.717, 1.165) is 16.9 Å². The molecule has 2 N–H and O–H groups in total. The number of aryl methyl sites for hydroxylation is 1. The van der Waals surface area contributed by atoms with Crippen LogP contribution in [0.15, 0.2) is 77.9 Å². The molecule has 0 fully saturated rings. The average Bonchev–Trinajstić information content (AvgIpc) is 2.69. The number of phenols is 1. The lowest BCUT2D eigenvalue weighted by molar-refractivity contribution is 0.0955. The number of hydrogen-bond acceptors (Lipinski definition) is 4. The second-order valence-corrected chi connectivity index (χ2v) is 6.09. The Morgan fingerprint density at radius 3 is 2.33 bits per heavy atom. The maximum absolute atomic E-state index is 11.9. The van der Waals surface area contributed by atoms with Gasteiger partial charge in [0.25, 0.3) is 5.91 Å². The van der Waals surface area contributed by atoms with E-state index >= 15 is 0 Å². The zero-order valence-corrected chi connectivity index (χ0v) is 14.9. The third-order valence-corrected chi connectivity index (χ3v) is 3.92. The number of nitrogens with zero attached hydrogens (tertiary/aromatic N) is 1. The largest absolute Gasteiger partial charge is 0.508 e. The summed E-state index contributed by atoms with van der Waals surface area (Å²) in [4.78, 5) is 11.9. The van der Waals surface area contributed by atoms with Gasteiger partial charge in [-0.3, -0.25) is 4.79 Å². The Labute approximate surface area is 157 Å². The van der Waals surface area contributed by atoms with E-state index < -0.39 is 0 Å². The summed E-state index contributed by atoms with van der Waals surface area (Å²) in [6.45, 7) is 2.56. The lowest BCUT2D eigenvalue weighted by Crippen LogP contribution is -2.17. The molecule has 0 aliphatic carbocycles. The van der Waals surface area contributed by atoms with Gasteiger partial charge in [0.05, 0.1) is 6.21 Å². The molecule has 0 saturated carbocycles. The zero-order chi connectivity index (χ0) is 19.1. The molecule has 0 saturated heterocycles. The van der Waals surface area contributed by atoms with Gasteiger partial charge in [-0.1, -0.05) is 29.8 Å². The number of rotatable bonds is 6. The van der Waals surface area contributed by atoms with Crippen molar-refractivity contribution in [2.45, 2.75) is 13.5 Å². The summed E-state index contributed by atoms with van der Waals surface area (Å²) >= 11 is 0. The molecule has 3 aromatic carbocycles. The van der Waals surface area contributed by atoms with Crippen LogP contribution < -0.4 is 10.2 Å². The number of carbonyl (C=O) groups is 1. The fourth-order valence-electron chi connectivity index (χ4n) is 2.34. The first-order valence-electron chi connectivity index (χ1n) is 8.51. The summed E-state index contributed by atoms with van der Waals surface area (Å²) in [5.41, 5.74) is 6.04. The predicted molar refractivity (Wildman–Crippen MR) is 105 cm³/mol. The Kier molecular flexibility index (Phi) is 5.84. The SMILES string of the molecule is Cc1ccc(COc2ccc(/C=N/NC(=O)c3ccc(O)cc3)cc2)cc1. The van der Waals surface area contributed by atoms with Crippen LogP contribution in [-0.4, -0.2) is 17.2 Å². The van der Waals surface area contributed by atoms with Gasteiger partial charge in [-0.15, -0.1) is 0 Å². The molecule has 3 rings (SSSR count). The minimum absolute atomic E-state index is 0.111. The van der Waals surface area contributed by atoms with Crippen molar-refractivity contribution in [3.05, 3.63) is 95.1 Å². The summed E-state index contributed by atoms with van der Waals surface area (Å²) in [6, 6.07) is 21.6. The number of hydrazone groups is 1. The topological polar surface area (TPSA) is 70.9 Å². The first-order chi connectivity index (χ1) is 13.1. The highest BCUT2D eigenvalue weighted by Gasteiger charge is 2.03. The molecule has 5 heteroatoms. The van der Waals surface area contributed by atoms with Crippen LogP contribution in [0.3, 0.4) is 0 Å². The van der Waals surface area contributed by atoms with Crippen molar-refractivity contribution >= 4 is 12.1 Å². The Morgan fingerprint density at radius 1 is 1.00 bits per heavy atom. The molecule has 1 amide bonds. The Morgan fingerprint density at radius 2 is 1.67 bits per heavy atom. The van der Waals surface area contributed by atoms with Crippen LogP contribution in [0.1, 0.15) is 27.0 Å². The number of aromatic hydroxyl groups is 1. The van der Waals surface area contributed by atoms with Crippen LogP contribution >= 0.6 is 0 Å². The van der Waals surface area contributed by atoms with Gasteiger partial charge >= 0.3 is 0 Å². The zero-order valence-electron chi connectivity index (χ0n) is 14.9. The molecular formula is C22H20N2O3. The van der Waals surface area contributed by atoms with Crippen LogP contribution in [-0.2, 0) is 6.61 Å². The number of ether oxygens (including phenoxy) is 1. The molecule has 0 atom stereocenters. The van der Waals surface area contributed by atoms with E-state index in [-0.39, 0.29) is 11.7 Å². The number of benzene rings is 3. The van der Waals surface area contributed by atoms with Crippen molar-refractivity contribution in [2.24, 2.45) is 5.10 Å². The van der Waals surface area contributed by atoms with Crippen molar-refractivity contribution in [1.29, 1.82) is 0 Å². The van der Waals surface area contributed by atoms with Crippen molar-refractivity contribution in [3.8, 4) is 11.5 Å². The summed E-state index contributed by atoms with van der Waals surface area (Å²) in [5.74, 6) is 0.532. The van der Waals surface area contributed by atoms with E-state index in [2.05, 4.69) is 29.6 Å². The molecule has 0 bridgehead atoms. The first kappa shape index (κ1) is 18.2. The van der Waals surface area contributed by atoms with Gasteiger partial charge < -0.3 is 9.84 Å². The second-order valence-electron chi connectivity index (χ2n) is 6.09. The molecule has 0 radical (unpaired) electrons. The van der Waals surface area contributed by atoms with E-state index in [1.807, 2.05) is 36.4 Å². The number of hydrogen-bond donors (Lipinski definition) is 2. The standard InChI is InChI=1S/C22H20N2O3/c1-16-2-4-18(5-3-16)15-27-21-12-6-17(7-13-21)14-23-24-22(26)19-8-10-20(25)11-9-19/h2-14,25H,15H2,1H3,(H,24,26)/b23-14+. The summed E-state index contributed by atoms with van der Waals surface area (Å²) in [6.07, 6.45) is 1.56. The van der Waals surface area contributed by atoms with E-state index in [4.69, 9.17) is 4.74 Å². The monoisotopic (exact) mass is 360 g/mol. The average molecular weight is 360 g/mol. The molecule has 27 heavy (non-hydrogen) atoms. The van der Waals surface area contributed by atoms with Crippen molar-refractivity contribution in [1.82, 2.24) is 5.43 Å². The maximum atomic E-state index is 11.9. The predicted octanol–water partition coefficient (Wildman–Crippen LogP) is 4.04. The summed E-state index contributed by atoms with van der Waals surface area (Å²) in [7, 11) is 0. The molecular weight excluding hydrogens is 340 g/mol. The first-order valence-corrected chi connectivity index (χ1v) is 8.51. The van der Waals surface area contributed by atoms with Crippen molar-refractivity contribution in [3.63, 3.8) is 0 Å². The van der Waals surface area contributed by atoms with Gasteiger partial charge in [-0.05, 0) is 66.6 Å². The van der Waals surface area contributed by atoms with Crippen LogP contribution in [0, 0.1) is 6.92 Å². The van der Waals surface area contributed by atoms with Gasteiger partial charge in [0, 0.05) is 5.56 Å². The van der Waals surface area contributed by atoms with Gasteiger partial charge in [-0.25, -0.2) is 5.43 Å². The third-order valence-electron chi connectivity index (χ3n) is 3.92. The van der Waals surface area contributed by atoms with Gasteiger partial charge in [-0.2, -0.15) is 5.10 Å². The van der Waals surface area contributed by atoms with Gasteiger partial charge in [0.1, 0.15) is 18.1 Å². The smallest absolute Gasteiger partial charge is 0.271 e. The van der Waals surface area contributed by atoms with E-state index in [0.29, 0.717) is 12.2 Å². The molecule has 0 aliphatic rings. The lowest BCUT2D eigenvalue weighted by Gasteiger charge is -2.07. The molecule has 0 spiro atoms. The fourth-order valence-corrected chi connectivity index (χ4v) is 2.34. The van der Waals surface area contributed by atoms with E-state index in [1.54, 1.807) is 6.21 Å². The number of amides is 1. The number of carbonyl (C=O) groups excluding carboxylic acids is 1. The Bertz CT molecular complexity index is 915. The Hall–Kier alpha value is -3.60. The van der Waals surface area contributed by atoms with E-state index in [1.165, 1.54) is 29.8 Å². The van der Waals surface area contributed by atoms with Crippen molar-refractivity contribution < 1.29 is 14.6 Å². The molecule has 0 aliphatic heterocycles. The van der Waals surface area contributed by atoms with Crippen molar-refractivity contribution in [2.75, 3.05) is 0 Å². The minimum atomic E-state index is -0.343. The molecule has 3 aromatic rings. The molecule has 0 unspecified atom stereocenters. The highest BCUT2D eigenvalue weighted by molar-refractivity contribution is 5.94. The fraction of sp³-hybridized carbons (Fsp3) is 0.0909. The second kappa shape index (κ2) is 8.67. The molecule has 136 valence electrons. The highest BCUT2D eigenvalue weighted by atomic mass is 16.5. The number of phenolic OH excluding ortho intramolecular Hbond substituents is 1. The molecule has 5 nitrogen and oxygen atoms in total. The third kappa shape index (κ3) is 5.44. The summed E-state index contributed by atoms with van der Waals surface area (Å²) < 4.78 is 5.76. The molecule has 0 aromatic heterocycles. The quantitative estimate of drug-likeness (QED) is 0.515. The Balaban J connectivity index is 1.50. The normalized spacial score (nSPS) is 10.7. The molecule has 0 heterocycles. The van der Waals surface area contributed by atoms with Gasteiger partial charge in [0.15, 0.2) is 0 Å².